The van der Waals surface area contributed by atoms with Crippen molar-refractivity contribution in [2.24, 2.45) is 0 Å². The van der Waals surface area contributed by atoms with Crippen LogP contribution in [0.1, 0.15) is 20.3 Å². The number of pyridine rings is 1. The number of nitrogens with zero attached hydrogens (tertiary/aromatic N) is 3. The zero-order valence-electron chi connectivity index (χ0n) is 17.1. The van der Waals surface area contributed by atoms with Crippen molar-refractivity contribution < 1.29 is 4.79 Å². The number of nitrogens with one attached hydrogen (secondary N) is 1. The van der Waals surface area contributed by atoms with Crippen molar-refractivity contribution in [3.05, 3.63) is 70.1 Å². The molecule has 0 fully saturated rings. The first-order chi connectivity index (χ1) is 15.0. The Hall–Kier alpha value is -2.90. The molecule has 2 heterocycles. The van der Waals surface area contributed by atoms with Gasteiger partial charge < -0.3 is 5.32 Å². The summed E-state index contributed by atoms with van der Waals surface area (Å²) in [5.74, 6) is -0.176. The molecule has 6 nitrogen and oxygen atoms in total. The Balaban J connectivity index is 1.64. The summed E-state index contributed by atoms with van der Waals surface area (Å²) in [6.45, 7) is 4.32. The van der Waals surface area contributed by atoms with Gasteiger partial charge in [0.25, 0.3) is 5.56 Å². The van der Waals surface area contributed by atoms with E-state index in [1.807, 2.05) is 37.3 Å². The highest BCUT2D eigenvalue weighted by molar-refractivity contribution is 8.00. The number of benzene rings is 2. The van der Waals surface area contributed by atoms with E-state index in [4.69, 9.17) is 11.6 Å². The van der Waals surface area contributed by atoms with Crippen LogP contribution in [0.2, 0.25) is 5.02 Å². The van der Waals surface area contributed by atoms with Crippen LogP contribution in [0.25, 0.3) is 21.8 Å². The predicted octanol–water partition coefficient (Wildman–Crippen LogP) is 5.13. The largest absolute Gasteiger partial charge is 0.324 e. The van der Waals surface area contributed by atoms with Gasteiger partial charge in [-0.3, -0.25) is 19.1 Å². The van der Waals surface area contributed by atoms with Gasteiger partial charge in [0, 0.05) is 23.2 Å². The molecule has 1 atom stereocenters. The summed E-state index contributed by atoms with van der Waals surface area (Å²) >= 11 is 7.35. The van der Waals surface area contributed by atoms with Crippen molar-refractivity contribution in [1.82, 2.24) is 14.5 Å². The fourth-order valence-electron chi connectivity index (χ4n) is 3.34. The molecule has 2 aromatic heterocycles. The van der Waals surface area contributed by atoms with E-state index in [9.17, 15) is 9.59 Å². The van der Waals surface area contributed by atoms with Gasteiger partial charge in [-0.25, -0.2) is 4.98 Å². The lowest BCUT2D eigenvalue weighted by atomic mass is 10.2. The fourth-order valence-corrected chi connectivity index (χ4v) is 4.44. The smallest absolute Gasteiger partial charge is 0.262 e. The topological polar surface area (TPSA) is 76.9 Å². The summed E-state index contributed by atoms with van der Waals surface area (Å²) in [5, 5.41) is 4.91. The van der Waals surface area contributed by atoms with Crippen molar-refractivity contribution in [2.45, 2.75) is 37.2 Å². The minimum absolute atomic E-state index is 0.126. The molecule has 0 spiro atoms. The second kappa shape index (κ2) is 9.08. The molecule has 0 saturated carbocycles. The summed E-state index contributed by atoms with van der Waals surface area (Å²) in [4.78, 5) is 34.9. The van der Waals surface area contributed by atoms with Crippen LogP contribution in [0.4, 0.5) is 5.69 Å². The van der Waals surface area contributed by atoms with E-state index in [-0.39, 0.29) is 11.5 Å². The molecule has 31 heavy (non-hydrogen) atoms. The molecule has 0 bridgehead atoms. The molecule has 1 amide bonds. The minimum atomic E-state index is -0.474. The van der Waals surface area contributed by atoms with Crippen molar-refractivity contribution in [3.8, 4) is 0 Å². The number of rotatable bonds is 6. The zero-order chi connectivity index (χ0) is 22.0. The summed E-state index contributed by atoms with van der Waals surface area (Å²) in [6.07, 6.45) is 2.49. The van der Waals surface area contributed by atoms with Gasteiger partial charge >= 0.3 is 0 Å². The van der Waals surface area contributed by atoms with Crippen LogP contribution in [0.3, 0.4) is 0 Å². The number of carbonyl (C=O) groups is 1. The Labute approximate surface area is 188 Å². The maximum atomic E-state index is 13.0. The highest BCUT2D eigenvalue weighted by Gasteiger charge is 2.20. The number of carbonyl (C=O) groups excluding carboxylic acids is 1. The molecular formula is C23H21ClN4O2S. The number of halogens is 1. The molecule has 0 radical (unpaired) electrons. The quantitative estimate of drug-likeness (QED) is 0.324. The summed E-state index contributed by atoms with van der Waals surface area (Å²) in [6, 6.07) is 14.4. The van der Waals surface area contributed by atoms with E-state index < -0.39 is 5.25 Å². The molecule has 2 aromatic carbocycles. The second-order valence-electron chi connectivity index (χ2n) is 7.14. The molecule has 0 saturated heterocycles. The molecule has 1 unspecified atom stereocenters. The number of anilines is 1. The number of hydrogen-bond donors (Lipinski definition) is 1. The standard InChI is InChI=1S/C23H21ClN4O2S/c1-3-12-28-22(30)17-10-9-15(24)13-20(17)27-23(28)31-14(2)21(29)26-19-8-4-7-18-16(19)6-5-11-25-18/h4-11,13-14H,3,12H2,1-2H3,(H,26,29). The second-order valence-corrected chi connectivity index (χ2v) is 8.88. The Morgan fingerprint density at radius 3 is 2.81 bits per heavy atom. The molecule has 158 valence electrons. The fraction of sp³-hybridized carbons (Fsp3) is 0.217. The Bertz CT molecular complexity index is 1330. The SMILES string of the molecule is CCCn1c(SC(C)C(=O)Nc2cccc3ncccc23)nc2cc(Cl)ccc2c1=O. The van der Waals surface area contributed by atoms with Gasteiger partial charge in [-0.05, 0) is 55.8 Å². The van der Waals surface area contributed by atoms with Crippen LogP contribution < -0.4 is 10.9 Å². The number of amides is 1. The lowest BCUT2D eigenvalue weighted by molar-refractivity contribution is -0.115. The summed E-state index contributed by atoms with van der Waals surface area (Å²) in [7, 11) is 0. The van der Waals surface area contributed by atoms with Crippen molar-refractivity contribution in [2.75, 3.05) is 5.32 Å². The van der Waals surface area contributed by atoms with Gasteiger partial charge in [0.1, 0.15) is 0 Å². The highest BCUT2D eigenvalue weighted by Crippen LogP contribution is 2.26. The van der Waals surface area contributed by atoms with E-state index in [2.05, 4.69) is 15.3 Å². The first kappa shape index (κ1) is 21.3. The van der Waals surface area contributed by atoms with Crippen LogP contribution in [-0.2, 0) is 11.3 Å². The lowest BCUT2D eigenvalue weighted by Crippen LogP contribution is -2.27. The van der Waals surface area contributed by atoms with Gasteiger partial charge in [-0.1, -0.05) is 36.4 Å². The Kier molecular flexibility index (Phi) is 6.25. The predicted molar refractivity (Wildman–Crippen MR) is 127 cm³/mol. The molecule has 4 aromatic rings. The minimum Gasteiger partial charge on any atom is -0.324 e. The molecule has 0 aliphatic heterocycles. The molecule has 0 aliphatic carbocycles. The van der Waals surface area contributed by atoms with E-state index in [1.54, 1.807) is 35.9 Å². The van der Waals surface area contributed by atoms with Crippen LogP contribution in [-0.4, -0.2) is 25.7 Å². The van der Waals surface area contributed by atoms with E-state index in [0.29, 0.717) is 33.3 Å². The lowest BCUT2D eigenvalue weighted by Gasteiger charge is -2.16. The number of hydrogen-bond acceptors (Lipinski definition) is 5. The normalized spacial score (nSPS) is 12.2. The molecule has 0 aliphatic rings. The Morgan fingerprint density at radius 1 is 1.16 bits per heavy atom. The van der Waals surface area contributed by atoms with Crippen molar-refractivity contribution in [3.63, 3.8) is 0 Å². The van der Waals surface area contributed by atoms with Gasteiger partial charge in [0.15, 0.2) is 5.16 Å². The van der Waals surface area contributed by atoms with Crippen molar-refractivity contribution >= 4 is 56.8 Å². The van der Waals surface area contributed by atoms with Crippen LogP contribution in [0.5, 0.6) is 0 Å². The number of thioether (sulfide) groups is 1. The molecule has 8 heteroatoms. The number of fused-ring (bicyclic) bond motifs is 2. The van der Waals surface area contributed by atoms with Crippen LogP contribution in [0.15, 0.2) is 64.7 Å². The average Bonchev–Trinajstić information content (AvgIpc) is 2.76. The van der Waals surface area contributed by atoms with Gasteiger partial charge in [0.05, 0.1) is 27.4 Å². The first-order valence-electron chi connectivity index (χ1n) is 9.99. The Morgan fingerprint density at radius 2 is 2.00 bits per heavy atom. The van der Waals surface area contributed by atoms with E-state index in [0.717, 1.165) is 17.3 Å². The van der Waals surface area contributed by atoms with Gasteiger partial charge in [-0.15, -0.1) is 0 Å². The average molecular weight is 453 g/mol. The third-order valence-corrected chi connectivity index (χ3v) is 6.21. The summed E-state index contributed by atoms with van der Waals surface area (Å²) in [5.41, 5.74) is 1.91. The summed E-state index contributed by atoms with van der Waals surface area (Å²) < 4.78 is 1.63. The molecule has 4 rings (SSSR count). The monoisotopic (exact) mass is 452 g/mol. The first-order valence-corrected chi connectivity index (χ1v) is 11.2. The van der Waals surface area contributed by atoms with Crippen LogP contribution >= 0.6 is 23.4 Å². The third-order valence-electron chi connectivity index (χ3n) is 4.88. The highest BCUT2D eigenvalue weighted by atomic mass is 35.5. The van der Waals surface area contributed by atoms with Gasteiger partial charge in [0.2, 0.25) is 5.91 Å². The third kappa shape index (κ3) is 4.43. The van der Waals surface area contributed by atoms with Gasteiger partial charge in [-0.2, -0.15) is 0 Å². The van der Waals surface area contributed by atoms with Crippen molar-refractivity contribution in [1.29, 1.82) is 0 Å². The van der Waals surface area contributed by atoms with Crippen LogP contribution in [0, 0.1) is 0 Å². The molecular weight excluding hydrogens is 432 g/mol. The number of aromatic nitrogens is 3. The maximum absolute atomic E-state index is 13.0. The zero-order valence-corrected chi connectivity index (χ0v) is 18.7. The van der Waals surface area contributed by atoms with E-state index in [1.165, 1.54) is 11.8 Å². The van der Waals surface area contributed by atoms with E-state index >= 15 is 0 Å². The maximum Gasteiger partial charge on any atom is 0.262 e. The molecule has 1 N–H and O–H groups in total.